The van der Waals surface area contributed by atoms with Crippen molar-refractivity contribution in [2.45, 2.75) is 6.92 Å². The van der Waals surface area contributed by atoms with Gasteiger partial charge >= 0.3 is 5.91 Å². The smallest absolute Gasteiger partial charge is 0.301 e. The van der Waals surface area contributed by atoms with Gasteiger partial charge in [0.1, 0.15) is 0 Å². The van der Waals surface area contributed by atoms with Crippen LogP contribution in [0.5, 0.6) is 0 Å². The molecule has 0 bridgehead atoms. The highest BCUT2D eigenvalue weighted by Gasteiger charge is 2.40. The second-order valence-electron chi connectivity index (χ2n) is 5.95. The van der Waals surface area contributed by atoms with E-state index in [4.69, 9.17) is 0 Å². The lowest BCUT2D eigenvalue weighted by Crippen LogP contribution is -2.31. The number of imide groups is 1. The Balaban J connectivity index is 1.97. The van der Waals surface area contributed by atoms with Gasteiger partial charge in [0.25, 0.3) is 5.91 Å². The summed E-state index contributed by atoms with van der Waals surface area (Å²) in [5, 5.41) is 10.2. The minimum Gasteiger partial charge on any atom is -0.502 e. The molecule has 1 aliphatic heterocycles. The summed E-state index contributed by atoms with van der Waals surface area (Å²) in [7, 11) is 3.81. The van der Waals surface area contributed by atoms with E-state index in [0.29, 0.717) is 11.3 Å². The summed E-state index contributed by atoms with van der Waals surface area (Å²) >= 11 is 0. The predicted octanol–water partition coefficient (Wildman–Crippen LogP) is 2.90. The van der Waals surface area contributed by atoms with Crippen molar-refractivity contribution in [1.82, 2.24) is 0 Å². The number of aryl methyl sites for hydroxylation is 1. The highest BCUT2D eigenvalue weighted by atomic mass is 16.3. The second kappa shape index (κ2) is 5.85. The molecule has 5 heteroatoms. The van der Waals surface area contributed by atoms with E-state index < -0.39 is 17.6 Å². The molecular weight excluding hydrogens is 304 g/mol. The van der Waals surface area contributed by atoms with E-state index in [1.165, 1.54) is 0 Å². The van der Waals surface area contributed by atoms with Gasteiger partial charge in [0.15, 0.2) is 5.76 Å². The molecule has 122 valence electrons. The van der Waals surface area contributed by atoms with Crippen molar-refractivity contribution in [3.05, 3.63) is 65.4 Å². The molecule has 2 aromatic carbocycles. The Morgan fingerprint density at radius 1 is 0.875 bits per heavy atom. The molecule has 3 rings (SSSR count). The Bertz CT molecular complexity index is 834. The summed E-state index contributed by atoms with van der Waals surface area (Å²) in [6.45, 7) is 1.93. The lowest BCUT2D eigenvalue weighted by Gasteiger charge is -2.17. The van der Waals surface area contributed by atoms with Crippen molar-refractivity contribution in [3.63, 3.8) is 0 Å². The number of anilines is 2. The van der Waals surface area contributed by atoms with Gasteiger partial charge in [0.05, 0.1) is 11.3 Å². The molecule has 0 aliphatic carbocycles. The zero-order chi connectivity index (χ0) is 17.4. The molecule has 2 aromatic rings. The maximum Gasteiger partial charge on any atom is 0.301 e. The Kier molecular flexibility index (Phi) is 3.85. The van der Waals surface area contributed by atoms with Crippen LogP contribution >= 0.6 is 0 Å². The van der Waals surface area contributed by atoms with Crippen LogP contribution in [0.4, 0.5) is 11.4 Å². The molecule has 1 aliphatic rings. The molecule has 1 heterocycles. The minimum absolute atomic E-state index is 0.0386. The first-order chi connectivity index (χ1) is 11.4. The quantitative estimate of drug-likeness (QED) is 0.883. The molecule has 0 atom stereocenters. The number of nitrogens with zero attached hydrogens (tertiary/aromatic N) is 2. The average molecular weight is 322 g/mol. The number of benzene rings is 2. The molecule has 0 saturated heterocycles. The topological polar surface area (TPSA) is 60.9 Å². The molecule has 0 fully saturated rings. The van der Waals surface area contributed by atoms with Gasteiger partial charge in [-0.1, -0.05) is 29.8 Å². The van der Waals surface area contributed by atoms with E-state index >= 15 is 0 Å². The summed E-state index contributed by atoms with van der Waals surface area (Å²) in [5.41, 5.74) is 2.99. The van der Waals surface area contributed by atoms with Gasteiger partial charge < -0.3 is 10.0 Å². The van der Waals surface area contributed by atoms with Crippen LogP contribution in [0.2, 0.25) is 0 Å². The largest absolute Gasteiger partial charge is 0.502 e. The molecule has 24 heavy (non-hydrogen) atoms. The molecule has 1 N–H and O–H groups in total. The van der Waals surface area contributed by atoms with E-state index in [-0.39, 0.29) is 5.57 Å². The molecule has 0 saturated carbocycles. The number of carbonyl (C=O) groups excluding carboxylic acids is 2. The van der Waals surface area contributed by atoms with Crippen molar-refractivity contribution < 1.29 is 14.7 Å². The van der Waals surface area contributed by atoms with Crippen molar-refractivity contribution in [3.8, 4) is 0 Å². The number of rotatable bonds is 3. The first-order valence-corrected chi connectivity index (χ1v) is 7.56. The van der Waals surface area contributed by atoms with Gasteiger partial charge in [-0.15, -0.1) is 0 Å². The fourth-order valence-electron chi connectivity index (χ4n) is 2.63. The predicted molar refractivity (Wildman–Crippen MR) is 94.0 cm³/mol. The van der Waals surface area contributed by atoms with Crippen molar-refractivity contribution in [1.29, 1.82) is 0 Å². The Labute approximate surface area is 140 Å². The zero-order valence-corrected chi connectivity index (χ0v) is 13.8. The van der Waals surface area contributed by atoms with Crippen LogP contribution in [-0.2, 0) is 9.59 Å². The average Bonchev–Trinajstić information content (AvgIpc) is 2.78. The number of carbonyl (C=O) groups is 2. The fraction of sp³-hybridized carbons (Fsp3) is 0.158. The van der Waals surface area contributed by atoms with Gasteiger partial charge in [0.2, 0.25) is 0 Å². The number of hydrogen-bond acceptors (Lipinski definition) is 4. The lowest BCUT2D eigenvalue weighted by molar-refractivity contribution is -0.121. The van der Waals surface area contributed by atoms with Gasteiger partial charge in [-0.2, -0.15) is 0 Å². The highest BCUT2D eigenvalue weighted by molar-refractivity contribution is 6.44. The van der Waals surface area contributed by atoms with Crippen LogP contribution < -0.4 is 9.80 Å². The third-order valence-electron chi connectivity index (χ3n) is 4.02. The Hall–Kier alpha value is -3.08. The fourth-order valence-corrected chi connectivity index (χ4v) is 2.63. The van der Waals surface area contributed by atoms with Crippen LogP contribution in [0.15, 0.2) is 54.3 Å². The van der Waals surface area contributed by atoms with Crippen molar-refractivity contribution >= 4 is 28.8 Å². The zero-order valence-electron chi connectivity index (χ0n) is 13.8. The Morgan fingerprint density at radius 2 is 1.46 bits per heavy atom. The van der Waals surface area contributed by atoms with Gasteiger partial charge in [-0.25, -0.2) is 4.90 Å². The first kappa shape index (κ1) is 15.8. The third kappa shape index (κ3) is 2.54. The summed E-state index contributed by atoms with van der Waals surface area (Å²) in [6, 6.07) is 14.1. The van der Waals surface area contributed by atoms with E-state index in [1.807, 2.05) is 50.2 Å². The second-order valence-corrected chi connectivity index (χ2v) is 5.95. The van der Waals surface area contributed by atoms with Crippen LogP contribution in [0.25, 0.3) is 5.57 Å². The molecule has 2 amide bonds. The highest BCUT2D eigenvalue weighted by Crippen LogP contribution is 2.32. The van der Waals surface area contributed by atoms with E-state index in [9.17, 15) is 14.7 Å². The van der Waals surface area contributed by atoms with Crippen molar-refractivity contribution in [2.75, 3.05) is 23.9 Å². The Morgan fingerprint density at radius 3 is 2.00 bits per heavy atom. The van der Waals surface area contributed by atoms with Crippen LogP contribution in [0, 0.1) is 6.92 Å². The van der Waals surface area contributed by atoms with Gasteiger partial charge in [-0.3, -0.25) is 9.59 Å². The van der Waals surface area contributed by atoms with Crippen LogP contribution in [0.3, 0.4) is 0 Å². The van der Waals surface area contributed by atoms with E-state index in [0.717, 1.165) is 16.2 Å². The van der Waals surface area contributed by atoms with E-state index in [1.54, 1.807) is 24.3 Å². The summed E-state index contributed by atoms with van der Waals surface area (Å²) < 4.78 is 0. The summed E-state index contributed by atoms with van der Waals surface area (Å²) in [6.07, 6.45) is 0. The number of aliphatic hydroxyl groups is 1. The number of aliphatic hydroxyl groups excluding tert-OH is 1. The molecule has 0 spiro atoms. The van der Waals surface area contributed by atoms with Crippen molar-refractivity contribution in [2.24, 2.45) is 0 Å². The van der Waals surface area contributed by atoms with Crippen LogP contribution in [0.1, 0.15) is 11.1 Å². The SMILES string of the molecule is Cc1ccc(C2=C(O)C(=O)N(c3ccc(N(C)C)cc3)C2=O)cc1. The van der Waals surface area contributed by atoms with Gasteiger partial charge in [-0.05, 0) is 36.8 Å². The summed E-state index contributed by atoms with van der Waals surface area (Å²) in [4.78, 5) is 28.0. The van der Waals surface area contributed by atoms with E-state index in [2.05, 4.69) is 0 Å². The number of amides is 2. The first-order valence-electron chi connectivity index (χ1n) is 7.56. The molecule has 0 unspecified atom stereocenters. The maximum absolute atomic E-state index is 12.7. The standard InChI is InChI=1S/C19H18N2O3/c1-12-4-6-13(7-5-12)16-17(22)19(24)21(18(16)23)15-10-8-14(9-11-15)20(2)3/h4-11,22H,1-3H3. The summed E-state index contributed by atoms with van der Waals surface area (Å²) in [5.74, 6) is -1.73. The molecule has 0 radical (unpaired) electrons. The minimum atomic E-state index is -0.701. The normalized spacial score (nSPS) is 14.5. The number of hydrogen-bond donors (Lipinski definition) is 1. The molecule has 0 aromatic heterocycles. The molecule has 5 nitrogen and oxygen atoms in total. The monoisotopic (exact) mass is 322 g/mol. The maximum atomic E-state index is 12.7. The lowest BCUT2D eigenvalue weighted by atomic mass is 10.0. The third-order valence-corrected chi connectivity index (χ3v) is 4.02. The van der Waals surface area contributed by atoms with Gasteiger partial charge in [0, 0.05) is 19.8 Å². The molecular formula is C19H18N2O3. The van der Waals surface area contributed by atoms with Crippen LogP contribution in [-0.4, -0.2) is 31.0 Å².